The van der Waals surface area contributed by atoms with Crippen LogP contribution in [0, 0.1) is 5.92 Å². The molecule has 5 N–H and O–H groups in total. The third-order valence-corrected chi connectivity index (χ3v) is 5.11. The Morgan fingerprint density at radius 3 is 1.97 bits per heavy atom. The van der Waals surface area contributed by atoms with E-state index in [0.717, 1.165) is 12.7 Å². The number of carbonyl (C=O) groups excluding carboxylic acids is 5. The van der Waals surface area contributed by atoms with Gasteiger partial charge in [0.2, 0.25) is 17.7 Å². The van der Waals surface area contributed by atoms with Gasteiger partial charge < -0.3 is 31.2 Å². The van der Waals surface area contributed by atoms with E-state index in [1.807, 2.05) is 19.9 Å². The molecule has 0 unspecified atom stereocenters. The summed E-state index contributed by atoms with van der Waals surface area (Å²) in [5.41, 5.74) is 5.19. The van der Waals surface area contributed by atoms with Gasteiger partial charge in [-0.05, 0) is 45.1 Å². The van der Waals surface area contributed by atoms with Crippen LogP contribution < -0.4 is 21.7 Å². The first-order chi connectivity index (χ1) is 17.2. The van der Waals surface area contributed by atoms with Crippen LogP contribution in [-0.4, -0.2) is 60.6 Å². The number of nitrogens with one attached hydrogen (secondary N) is 3. The van der Waals surface area contributed by atoms with Gasteiger partial charge in [0, 0.05) is 12.8 Å². The largest absolute Gasteiger partial charge is 0.467 e. The molecule has 0 aliphatic heterocycles. The fourth-order valence-electron chi connectivity index (χ4n) is 3.43. The second-order valence-electron chi connectivity index (χ2n) is 10.2. The summed E-state index contributed by atoms with van der Waals surface area (Å²) in [6.07, 6.45) is -0.548. The third-order valence-electron chi connectivity index (χ3n) is 5.11. The first-order valence-electron chi connectivity index (χ1n) is 12.2. The van der Waals surface area contributed by atoms with E-state index in [9.17, 15) is 24.0 Å². The van der Waals surface area contributed by atoms with Crippen molar-refractivity contribution in [2.75, 3.05) is 7.11 Å². The number of benzene rings is 1. The highest BCUT2D eigenvalue weighted by atomic mass is 16.6. The summed E-state index contributed by atoms with van der Waals surface area (Å²) < 4.78 is 10.0. The fraction of sp³-hybridized carbons (Fsp3) is 0.577. The highest BCUT2D eigenvalue weighted by molar-refractivity contribution is 5.93. The third kappa shape index (κ3) is 12.8. The molecule has 37 heavy (non-hydrogen) atoms. The normalized spacial score (nSPS) is 13.6. The number of hydrogen-bond donors (Lipinski definition) is 4. The topological polar surface area (TPSA) is 166 Å². The monoisotopic (exact) mass is 520 g/mol. The maximum absolute atomic E-state index is 13.3. The number of hydrogen-bond acceptors (Lipinski definition) is 7. The van der Waals surface area contributed by atoms with E-state index in [2.05, 4.69) is 16.0 Å². The lowest BCUT2D eigenvalue weighted by molar-refractivity contribution is -0.145. The van der Waals surface area contributed by atoms with Gasteiger partial charge in [-0.25, -0.2) is 9.59 Å². The molecule has 0 aliphatic rings. The van der Waals surface area contributed by atoms with Gasteiger partial charge in [0.1, 0.15) is 23.7 Å². The van der Waals surface area contributed by atoms with E-state index < -0.39 is 53.5 Å². The number of esters is 1. The first kappa shape index (κ1) is 31.4. The molecule has 0 heterocycles. The van der Waals surface area contributed by atoms with Crippen molar-refractivity contribution in [3.05, 3.63) is 35.9 Å². The lowest BCUT2D eigenvalue weighted by Gasteiger charge is -2.27. The second-order valence-corrected chi connectivity index (χ2v) is 10.2. The zero-order chi connectivity index (χ0) is 28.2. The Bertz CT molecular complexity index is 929. The van der Waals surface area contributed by atoms with Crippen LogP contribution in [-0.2, 0) is 35.1 Å². The number of methoxy groups -OCH3 is 1. The Morgan fingerprint density at radius 1 is 0.892 bits per heavy atom. The maximum Gasteiger partial charge on any atom is 0.408 e. The molecule has 3 atom stereocenters. The van der Waals surface area contributed by atoms with Crippen molar-refractivity contribution in [3.63, 3.8) is 0 Å². The van der Waals surface area contributed by atoms with E-state index in [0.29, 0.717) is 6.42 Å². The van der Waals surface area contributed by atoms with Crippen molar-refractivity contribution in [1.82, 2.24) is 16.0 Å². The smallest absolute Gasteiger partial charge is 0.408 e. The minimum Gasteiger partial charge on any atom is -0.467 e. The Morgan fingerprint density at radius 2 is 1.46 bits per heavy atom. The Kier molecular flexibility index (Phi) is 12.6. The fourth-order valence-corrected chi connectivity index (χ4v) is 3.43. The minimum atomic E-state index is -1.13. The summed E-state index contributed by atoms with van der Waals surface area (Å²) in [6, 6.07) is 5.80. The molecule has 0 radical (unpaired) electrons. The van der Waals surface area contributed by atoms with Gasteiger partial charge in [0.05, 0.1) is 7.11 Å². The summed E-state index contributed by atoms with van der Waals surface area (Å²) >= 11 is 0. The van der Waals surface area contributed by atoms with Crippen LogP contribution in [0.5, 0.6) is 0 Å². The van der Waals surface area contributed by atoms with Crippen LogP contribution in [0.2, 0.25) is 0 Å². The van der Waals surface area contributed by atoms with Gasteiger partial charge in [-0.3, -0.25) is 14.4 Å². The number of carbonyl (C=O) groups is 5. The van der Waals surface area contributed by atoms with Gasteiger partial charge >= 0.3 is 12.1 Å². The van der Waals surface area contributed by atoms with E-state index in [1.165, 1.54) is 0 Å². The molecular weight excluding hydrogens is 480 g/mol. The molecule has 0 saturated carbocycles. The Balaban J connectivity index is 3.14. The van der Waals surface area contributed by atoms with Gasteiger partial charge in [-0.1, -0.05) is 44.2 Å². The molecule has 1 aromatic rings. The van der Waals surface area contributed by atoms with Crippen molar-refractivity contribution in [2.24, 2.45) is 11.7 Å². The van der Waals surface area contributed by atoms with E-state index in [4.69, 9.17) is 15.2 Å². The quantitative estimate of drug-likeness (QED) is 0.287. The molecule has 11 heteroatoms. The number of alkyl carbamates (subject to hydrolysis) is 1. The van der Waals surface area contributed by atoms with E-state index in [-0.39, 0.29) is 25.2 Å². The molecule has 11 nitrogen and oxygen atoms in total. The van der Waals surface area contributed by atoms with Crippen molar-refractivity contribution < 1.29 is 33.4 Å². The molecule has 0 bridgehead atoms. The van der Waals surface area contributed by atoms with Gasteiger partial charge in [-0.15, -0.1) is 0 Å². The van der Waals surface area contributed by atoms with Gasteiger partial charge in [0.25, 0.3) is 0 Å². The summed E-state index contributed by atoms with van der Waals surface area (Å²) in [5, 5.41) is 7.84. The molecular formula is C26H40N4O7. The minimum absolute atomic E-state index is 0.0459. The summed E-state index contributed by atoms with van der Waals surface area (Å²) in [6.45, 7) is 8.91. The lowest BCUT2D eigenvalue weighted by Crippen LogP contribution is -2.57. The van der Waals surface area contributed by atoms with Crippen LogP contribution in [0.3, 0.4) is 0 Å². The molecule has 1 aromatic carbocycles. The summed E-state index contributed by atoms with van der Waals surface area (Å²) in [7, 11) is 1.16. The van der Waals surface area contributed by atoms with Crippen molar-refractivity contribution in [2.45, 2.75) is 84.0 Å². The zero-order valence-electron chi connectivity index (χ0n) is 22.5. The zero-order valence-corrected chi connectivity index (χ0v) is 22.5. The van der Waals surface area contributed by atoms with Crippen LogP contribution >= 0.6 is 0 Å². The predicted octanol–water partition coefficient (Wildman–Crippen LogP) is 1.58. The number of rotatable bonds is 13. The van der Waals surface area contributed by atoms with Crippen molar-refractivity contribution >= 4 is 29.8 Å². The standard InChI is InChI=1S/C26H40N4O7/c1-16(2)14-19(30-25(35)37-26(3,4)5)22(32)29-20(15-17-10-8-7-9-11-17)23(33)28-18(24(34)36-6)12-13-21(27)31/h7-11,16,18-20H,12-15H2,1-6H3,(H2,27,31)(H,28,33)(H,29,32)(H,30,35)/t18-,19-,20-/m0/s1. The highest BCUT2D eigenvalue weighted by Gasteiger charge is 2.31. The van der Waals surface area contributed by atoms with Gasteiger partial charge in [0.15, 0.2) is 0 Å². The average Bonchev–Trinajstić information content (AvgIpc) is 2.79. The average molecular weight is 521 g/mol. The number of nitrogens with two attached hydrogens (primary N) is 1. The van der Waals surface area contributed by atoms with Crippen molar-refractivity contribution in [1.29, 1.82) is 0 Å². The number of primary amides is 1. The van der Waals surface area contributed by atoms with Crippen LogP contribution in [0.15, 0.2) is 30.3 Å². The Labute approximate surface area is 218 Å². The molecule has 0 spiro atoms. The molecule has 206 valence electrons. The van der Waals surface area contributed by atoms with E-state index in [1.54, 1.807) is 45.0 Å². The Hall–Kier alpha value is -3.63. The predicted molar refractivity (Wildman–Crippen MR) is 137 cm³/mol. The maximum atomic E-state index is 13.3. The summed E-state index contributed by atoms with van der Waals surface area (Å²) in [4.78, 5) is 62.3. The van der Waals surface area contributed by atoms with Crippen LogP contribution in [0.1, 0.15) is 59.4 Å². The number of amides is 4. The van der Waals surface area contributed by atoms with E-state index >= 15 is 0 Å². The first-order valence-corrected chi connectivity index (χ1v) is 12.2. The van der Waals surface area contributed by atoms with Crippen LogP contribution in [0.4, 0.5) is 4.79 Å². The summed E-state index contributed by atoms with van der Waals surface area (Å²) in [5.74, 6) is -2.57. The molecule has 4 amide bonds. The van der Waals surface area contributed by atoms with Crippen molar-refractivity contribution in [3.8, 4) is 0 Å². The number of ether oxygens (including phenoxy) is 2. The van der Waals surface area contributed by atoms with Gasteiger partial charge in [-0.2, -0.15) is 0 Å². The molecule has 0 fully saturated rings. The molecule has 1 rings (SSSR count). The highest BCUT2D eigenvalue weighted by Crippen LogP contribution is 2.11. The SMILES string of the molecule is COC(=O)[C@H](CCC(N)=O)NC(=O)[C@H](Cc1ccccc1)NC(=O)[C@H](CC(C)C)NC(=O)OC(C)(C)C. The lowest BCUT2D eigenvalue weighted by atomic mass is 10.0. The molecule has 0 saturated heterocycles. The second kappa shape index (κ2) is 14.8. The van der Waals surface area contributed by atoms with Crippen LogP contribution in [0.25, 0.3) is 0 Å². The molecule has 0 aromatic heterocycles. The molecule has 0 aliphatic carbocycles.